The third-order valence-electron chi connectivity index (χ3n) is 5.26. The molecule has 1 fully saturated rings. The van der Waals surface area contributed by atoms with E-state index in [1.54, 1.807) is 0 Å². The number of likely N-dealkylation sites (tertiary alicyclic amines) is 1. The van der Waals surface area contributed by atoms with Gasteiger partial charge in [-0.2, -0.15) is 13.2 Å². The van der Waals surface area contributed by atoms with Crippen LogP contribution in [0.25, 0.3) is 0 Å². The normalized spacial score (nSPS) is 17.2. The molecule has 0 bridgehead atoms. The van der Waals surface area contributed by atoms with Crippen LogP contribution in [0.3, 0.4) is 0 Å². The highest BCUT2D eigenvalue weighted by Crippen LogP contribution is 2.48. The average molecular weight is 376 g/mol. The van der Waals surface area contributed by atoms with Gasteiger partial charge >= 0.3 is 6.18 Å². The molecule has 0 radical (unpaired) electrons. The zero-order valence-electron chi connectivity index (χ0n) is 15.1. The molecular weight excluding hydrogens is 353 g/mol. The standard InChI is InChI=1S/C21H23F3N2O/c22-21(23,24)16-9-10-20-18(15-16)26(17-7-2-3-8-19(17)27-20)14-6-13-25-11-4-1-5-12-25/h2-3,7-10,15H,1,4-6,11-14H2. The summed E-state index contributed by atoms with van der Waals surface area (Å²) >= 11 is 0. The fourth-order valence-electron chi connectivity index (χ4n) is 3.88. The molecule has 0 saturated carbocycles. The van der Waals surface area contributed by atoms with E-state index in [1.807, 2.05) is 29.2 Å². The Balaban J connectivity index is 1.59. The SMILES string of the molecule is FC(F)(F)c1ccc2c(c1)N(CCCN1CCCCC1)c1ccccc1O2. The lowest BCUT2D eigenvalue weighted by atomic mass is 10.1. The summed E-state index contributed by atoms with van der Waals surface area (Å²) in [6.07, 6.45) is 0.284. The van der Waals surface area contributed by atoms with Crippen LogP contribution < -0.4 is 9.64 Å². The molecule has 0 spiro atoms. The molecule has 2 heterocycles. The maximum atomic E-state index is 13.2. The van der Waals surface area contributed by atoms with Crippen LogP contribution in [0.2, 0.25) is 0 Å². The highest BCUT2D eigenvalue weighted by Gasteiger charge is 2.33. The van der Waals surface area contributed by atoms with Crippen LogP contribution in [-0.4, -0.2) is 31.1 Å². The van der Waals surface area contributed by atoms with Crippen LogP contribution in [-0.2, 0) is 6.18 Å². The Morgan fingerprint density at radius 3 is 2.37 bits per heavy atom. The molecule has 0 aromatic heterocycles. The molecule has 0 aliphatic carbocycles. The molecular formula is C21H23F3N2O. The van der Waals surface area contributed by atoms with E-state index in [0.717, 1.165) is 37.8 Å². The minimum atomic E-state index is -4.37. The largest absolute Gasteiger partial charge is 0.453 e. The van der Waals surface area contributed by atoms with E-state index >= 15 is 0 Å². The van der Waals surface area contributed by atoms with E-state index < -0.39 is 11.7 Å². The zero-order chi connectivity index (χ0) is 18.9. The van der Waals surface area contributed by atoms with Crippen molar-refractivity contribution in [2.45, 2.75) is 31.9 Å². The van der Waals surface area contributed by atoms with Crippen LogP contribution >= 0.6 is 0 Å². The van der Waals surface area contributed by atoms with Gasteiger partial charge in [-0.15, -0.1) is 0 Å². The predicted octanol–water partition coefficient (Wildman–Crippen LogP) is 5.83. The fraction of sp³-hybridized carbons (Fsp3) is 0.429. The summed E-state index contributed by atoms with van der Waals surface area (Å²) in [5.41, 5.74) is 0.662. The second kappa shape index (κ2) is 7.43. The van der Waals surface area contributed by atoms with Crippen molar-refractivity contribution < 1.29 is 17.9 Å². The van der Waals surface area contributed by atoms with Crippen LogP contribution in [0.15, 0.2) is 42.5 Å². The molecule has 2 aliphatic rings. The third-order valence-corrected chi connectivity index (χ3v) is 5.26. The molecule has 0 amide bonds. The maximum absolute atomic E-state index is 13.2. The van der Waals surface area contributed by atoms with E-state index in [-0.39, 0.29) is 0 Å². The first kappa shape index (κ1) is 18.2. The number of piperidine rings is 1. The number of alkyl halides is 3. The number of rotatable bonds is 4. The van der Waals surface area contributed by atoms with Crippen molar-refractivity contribution in [2.75, 3.05) is 31.1 Å². The Morgan fingerprint density at radius 1 is 0.852 bits per heavy atom. The van der Waals surface area contributed by atoms with Crippen molar-refractivity contribution in [1.29, 1.82) is 0 Å². The summed E-state index contributed by atoms with van der Waals surface area (Å²) in [5.74, 6) is 1.16. The Bertz CT molecular complexity index is 800. The smallest absolute Gasteiger partial charge is 0.416 e. The van der Waals surface area contributed by atoms with Crippen LogP contribution in [0.4, 0.5) is 24.5 Å². The van der Waals surface area contributed by atoms with Crippen LogP contribution in [0.1, 0.15) is 31.2 Å². The van der Waals surface area contributed by atoms with Gasteiger partial charge in [0.05, 0.1) is 16.9 Å². The van der Waals surface area contributed by atoms with Crippen molar-refractivity contribution in [2.24, 2.45) is 0 Å². The van der Waals surface area contributed by atoms with Crippen molar-refractivity contribution in [3.8, 4) is 11.5 Å². The molecule has 2 aliphatic heterocycles. The monoisotopic (exact) mass is 376 g/mol. The number of benzene rings is 2. The summed E-state index contributed by atoms with van der Waals surface area (Å²) in [5, 5.41) is 0. The third kappa shape index (κ3) is 3.90. The van der Waals surface area contributed by atoms with Crippen LogP contribution in [0, 0.1) is 0 Å². The van der Waals surface area contributed by atoms with E-state index in [1.165, 1.54) is 31.4 Å². The molecule has 6 heteroatoms. The lowest BCUT2D eigenvalue weighted by Gasteiger charge is -2.34. The second-order valence-corrected chi connectivity index (χ2v) is 7.16. The Hall–Kier alpha value is -2.21. The molecule has 2 aromatic rings. The molecule has 0 N–H and O–H groups in total. The summed E-state index contributed by atoms with van der Waals surface area (Å²) in [4.78, 5) is 4.41. The molecule has 0 unspecified atom stereocenters. The minimum Gasteiger partial charge on any atom is -0.453 e. The van der Waals surface area contributed by atoms with Gasteiger partial charge < -0.3 is 14.5 Å². The summed E-state index contributed by atoms with van der Waals surface area (Å²) in [6.45, 7) is 3.86. The van der Waals surface area contributed by atoms with Crippen molar-refractivity contribution in [3.05, 3.63) is 48.0 Å². The van der Waals surface area contributed by atoms with Gasteiger partial charge in [0, 0.05) is 6.54 Å². The van der Waals surface area contributed by atoms with Gasteiger partial charge in [-0.1, -0.05) is 18.6 Å². The molecule has 1 saturated heterocycles. The number of fused-ring (bicyclic) bond motifs is 2. The average Bonchev–Trinajstić information content (AvgIpc) is 2.67. The first-order chi connectivity index (χ1) is 13.0. The lowest BCUT2D eigenvalue weighted by molar-refractivity contribution is -0.137. The number of hydrogen-bond donors (Lipinski definition) is 0. The molecule has 4 rings (SSSR count). The Kier molecular flexibility index (Phi) is 5.00. The van der Waals surface area contributed by atoms with Gasteiger partial charge in [-0.25, -0.2) is 0 Å². The van der Waals surface area contributed by atoms with Crippen molar-refractivity contribution in [1.82, 2.24) is 4.90 Å². The first-order valence-corrected chi connectivity index (χ1v) is 9.50. The van der Waals surface area contributed by atoms with Crippen LogP contribution in [0.5, 0.6) is 11.5 Å². The van der Waals surface area contributed by atoms with E-state index in [0.29, 0.717) is 23.7 Å². The molecule has 2 aromatic carbocycles. The zero-order valence-corrected chi connectivity index (χ0v) is 15.1. The van der Waals surface area contributed by atoms with Gasteiger partial charge in [0.1, 0.15) is 0 Å². The molecule has 27 heavy (non-hydrogen) atoms. The van der Waals surface area contributed by atoms with E-state index in [9.17, 15) is 13.2 Å². The Labute approximate surface area is 157 Å². The van der Waals surface area contributed by atoms with Crippen molar-refractivity contribution >= 4 is 11.4 Å². The number of hydrogen-bond acceptors (Lipinski definition) is 3. The van der Waals surface area contributed by atoms with Gasteiger partial charge in [-0.3, -0.25) is 0 Å². The van der Waals surface area contributed by atoms with Gasteiger partial charge in [0.25, 0.3) is 0 Å². The molecule has 0 atom stereocenters. The van der Waals surface area contributed by atoms with E-state index in [4.69, 9.17) is 4.74 Å². The quantitative estimate of drug-likeness (QED) is 0.668. The number of anilines is 2. The first-order valence-electron chi connectivity index (χ1n) is 9.50. The Morgan fingerprint density at radius 2 is 1.59 bits per heavy atom. The van der Waals surface area contributed by atoms with Gasteiger partial charge in [-0.05, 0) is 69.2 Å². The van der Waals surface area contributed by atoms with E-state index in [2.05, 4.69) is 4.90 Å². The fourth-order valence-corrected chi connectivity index (χ4v) is 3.88. The number of para-hydroxylation sites is 2. The number of halogens is 3. The predicted molar refractivity (Wildman–Crippen MR) is 99.9 cm³/mol. The number of ether oxygens (including phenoxy) is 1. The molecule has 144 valence electrons. The lowest BCUT2D eigenvalue weighted by Crippen LogP contribution is -2.33. The van der Waals surface area contributed by atoms with Crippen molar-refractivity contribution in [3.63, 3.8) is 0 Å². The summed E-state index contributed by atoms with van der Waals surface area (Å²) in [6, 6.07) is 11.2. The topological polar surface area (TPSA) is 15.7 Å². The highest BCUT2D eigenvalue weighted by molar-refractivity contribution is 5.78. The minimum absolute atomic E-state index is 0.472. The summed E-state index contributed by atoms with van der Waals surface area (Å²) in [7, 11) is 0. The van der Waals surface area contributed by atoms with Gasteiger partial charge in [0.2, 0.25) is 0 Å². The second-order valence-electron chi connectivity index (χ2n) is 7.16. The molecule has 3 nitrogen and oxygen atoms in total. The number of nitrogens with zero attached hydrogens (tertiary/aromatic N) is 2. The maximum Gasteiger partial charge on any atom is 0.416 e. The highest BCUT2D eigenvalue weighted by atomic mass is 19.4. The summed E-state index contributed by atoms with van der Waals surface area (Å²) < 4.78 is 45.5. The van der Waals surface area contributed by atoms with Gasteiger partial charge in [0.15, 0.2) is 11.5 Å².